The first-order valence-corrected chi connectivity index (χ1v) is 10.3. The lowest BCUT2D eigenvalue weighted by Crippen LogP contribution is -2.30. The van der Waals surface area contributed by atoms with E-state index in [4.69, 9.17) is 4.74 Å². The second kappa shape index (κ2) is 8.00. The number of methoxy groups -OCH3 is 1. The molecule has 0 unspecified atom stereocenters. The number of carbonyl (C=O) groups is 1. The van der Waals surface area contributed by atoms with Crippen LogP contribution in [0.5, 0.6) is 5.75 Å². The number of sulfonamides is 1. The Kier molecular flexibility index (Phi) is 5.67. The van der Waals surface area contributed by atoms with Gasteiger partial charge in [-0.1, -0.05) is 36.4 Å². The molecule has 0 radical (unpaired) electrons. The number of ether oxygens (including phenoxy) is 1. The van der Waals surface area contributed by atoms with E-state index in [0.29, 0.717) is 5.69 Å². The molecule has 0 bridgehead atoms. The summed E-state index contributed by atoms with van der Waals surface area (Å²) in [6.45, 7) is 3.45. The first kappa shape index (κ1) is 19.9. The largest absolute Gasteiger partial charge is 0.495 e. The molecule has 0 aliphatic carbocycles. The summed E-state index contributed by atoms with van der Waals surface area (Å²) in [6, 6.07) is 17.4. The molecule has 28 heavy (non-hydrogen) atoms. The Morgan fingerprint density at radius 1 is 1.00 bits per heavy atom. The van der Waals surface area contributed by atoms with Gasteiger partial charge >= 0.3 is 0 Å². The minimum absolute atomic E-state index is 0.0748. The predicted molar refractivity (Wildman–Crippen MR) is 110 cm³/mol. The average Bonchev–Trinajstić information content (AvgIpc) is 2.66. The summed E-state index contributed by atoms with van der Waals surface area (Å²) < 4.78 is 32.9. The molecule has 3 aromatic rings. The third-order valence-corrected chi connectivity index (χ3v) is 5.82. The standard InChI is InChI=1S/C21H22N2O4S/c1-14(2)23-28(25,26)20-13-16(11-12-19(20)27-3)21(24)22-18-10-6-8-15-7-4-5-9-17(15)18/h4-14,23H,1-3H3,(H,22,24). The molecule has 6 nitrogen and oxygen atoms in total. The van der Waals surface area contributed by atoms with Gasteiger partial charge in [-0.25, -0.2) is 13.1 Å². The fourth-order valence-electron chi connectivity index (χ4n) is 2.93. The van der Waals surface area contributed by atoms with Crippen LogP contribution >= 0.6 is 0 Å². The van der Waals surface area contributed by atoms with E-state index in [1.807, 2.05) is 42.5 Å². The van der Waals surface area contributed by atoms with E-state index in [9.17, 15) is 13.2 Å². The van der Waals surface area contributed by atoms with Crippen molar-refractivity contribution >= 4 is 32.4 Å². The van der Waals surface area contributed by atoms with Crippen molar-refractivity contribution in [3.8, 4) is 5.75 Å². The van der Waals surface area contributed by atoms with Crippen LogP contribution < -0.4 is 14.8 Å². The monoisotopic (exact) mass is 398 g/mol. The smallest absolute Gasteiger partial charge is 0.255 e. The normalized spacial score (nSPS) is 11.6. The fourth-order valence-corrected chi connectivity index (χ4v) is 4.38. The topological polar surface area (TPSA) is 84.5 Å². The van der Waals surface area contributed by atoms with Gasteiger partial charge in [0, 0.05) is 22.7 Å². The van der Waals surface area contributed by atoms with Crippen LogP contribution in [0.1, 0.15) is 24.2 Å². The Labute approximate surface area is 164 Å². The summed E-state index contributed by atoms with van der Waals surface area (Å²) in [6.07, 6.45) is 0. The van der Waals surface area contributed by atoms with Crippen LogP contribution in [-0.2, 0) is 10.0 Å². The molecular weight excluding hydrogens is 376 g/mol. The third-order valence-electron chi connectivity index (χ3n) is 4.14. The van der Waals surface area contributed by atoms with Crippen molar-refractivity contribution in [2.24, 2.45) is 0 Å². The lowest BCUT2D eigenvalue weighted by molar-refractivity contribution is 0.102. The molecule has 0 fully saturated rings. The first-order valence-electron chi connectivity index (χ1n) is 8.81. The number of rotatable bonds is 6. The van der Waals surface area contributed by atoms with Crippen LogP contribution in [0.4, 0.5) is 5.69 Å². The predicted octanol–water partition coefficient (Wildman–Crippen LogP) is 3.79. The number of benzene rings is 3. The third kappa shape index (κ3) is 4.16. The van der Waals surface area contributed by atoms with Crippen molar-refractivity contribution < 1.29 is 17.9 Å². The van der Waals surface area contributed by atoms with Gasteiger partial charge in [0.2, 0.25) is 10.0 Å². The number of fused-ring (bicyclic) bond motifs is 1. The molecule has 7 heteroatoms. The lowest BCUT2D eigenvalue weighted by Gasteiger charge is -2.14. The van der Waals surface area contributed by atoms with Crippen molar-refractivity contribution in [2.45, 2.75) is 24.8 Å². The van der Waals surface area contributed by atoms with Gasteiger partial charge in [-0.3, -0.25) is 4.79 Å². The van der Waals surface area contributed by atoms with Crippen molar-refractivity contribution in [1.82, 2.24) is 4.72 Å². The van der Waals surface area contributed by atoms with Crippen molar-refractivity contribution in [1.29, 1.82) is 0 Å². The van der Waals surface area contributed by atoms with E-state index in [1.54, 1.807) is 13.8 Å². The second-order valence-electron chi connectivity index (χ2n) is 6.62. The molecule has 0 spiro atoms. The fraction of sp³-hybridized carbons (Fsp3) is 0.190. The number of hydrogen-bond donors (Lipinski definition) is 2. The van der Waals surface area contributed by atoms with Crippen LogP contribution in [0.15, 0.2) is 65.6 Å². The minimum atomic E-state index is -3.82. The van der Waals surface area contributed by atoms with Gasteiger partial charge < -0.3 is 10.1 Å². The number of nitrogens with one attached hydrogen (secondary N) is 2. The molecule has 0 saturated carbocycles. The van der Waals surface area contributed by atoms with E-state index < -0.39 is 15.9 Å². The quantitative estimate of drug-likeness (QED) is 0.662. The Hall–Kier alpha value is -2.90. The van der Waals surface area contributed by atoms with Crippen molar-refractivity contribution in [2.75, 3.05) is 12.4 Å². The number of amides is 1. The van der Waals surface area contributed by atoms with E-state index >= 15 is 0 Å². The maximum atomic E-state index is 12.8. The molecule has 1 amide bonds. The molecule has 0 heterocycles. The van der Waals surface area contributed by atoms with Crippen molar-refractivity contribution in [3.05, 3.63) is 66.2 Å². The SMILES string of the molecule is COc1ccc(C(=O)Nc2cccc3ccccc23)cc1S(=O)(=O)NC(C)C. The minimum Gasteiger partial charge on any atom is -0.495 e. The van der Waals surface area contributed by atoms with E-state index in [1.165, 1.54) is 25.3 Å². The zero-order chi connectivity index (χ0) is 20.3. The zero-order valence-corrected chi connectivity index (χ0v) is 16.7. The van der Waals surface area contributed by atoms with E-state index in [2.05, 4.69) is 10.0 Å². The molecular formula is C21H22N2O4S. The summed E-state index contributed by atoms with van der Waals surface area (Å²) in [5.41, 5.74) is 0.876. The highest BCUT2D eigenvalue weighted by Gasteiger charge is 2.22. The summed E-state index contributed by atoms with van der Waals surface area (Å²) in [5.74, 6) is -0.227. The molecule has 146 valence electrons. The van der Waals surface area contributed by atoms with E-state index in [-0.39, 0.29) is 22.3 Å². The highest BCUT2D eigenvalue weighted by atomic mass is 32.2. The van der Waals surface area contributed by atoms with Gasteiger partial charge in [-0.15, -0.1) is 0 Å². The maximum absolute atomic E-state index is 12.8. The number of hydrogen-bond acceptors (Lipinski definition) is 4. The Bertz CT molecular complexity index is 1120. The summed E-state index contributed by atoms with van der Waals surface area (Å²) >= 11 is 0. The molecule has 0 saturated heterocycles. The Morgan fingerprint density at radius 3 is 2.43 bits per heavy atom. The molecule has 0 atom stereocenters. The Balaban J connectivity index is 1.97. The van der Waals surface area contributed by atoms with Crippen molar-refractivity contribution in [3.63, 3.8) is 0 Å². The molecule has 2 N–H and O–H groups in total. The number of anilines is 1. The van der Waals surface area contributed by atoms with Gasteiger partial charge in [0.25, 0.3) is 5.91 Å². The van der Waals surface area contributed by atoms with Gasteiger partial charge in [0.15, 0.2) is 0 Å². The summed E-state index contributed by atoms with van der Waals surface area (Å²) in [5, 5.41) is 4.77. The van der Waals surface area contributed by atoms with Gasteiger partial charge in [-0.05, 0) is 43.5 Å². The highest BCUT2D eigenvalue weighted by Crippen LogP contribution is 2.27. The van der Waals surface area contributed by atoms with Gasteiger partial charge in [0.1, 0.15) is 10.6 Å². The molecule has 3 aromatic carbocycles. The lowest BCUT2D eigenvalue weighted by atomic mass is 10.1. The Morgan fingerprint density at radius 2 is 1.71 bits per heavy atom. The van der Waals surface area contributed by atoms with Gasteiger partial charge in [-0.2, -0.15) is 0 Å². The zero-order valence-electron chi connectivity index (χ0n) is 15.9. The molecule has 0 aliphatic rings. The average molecular weight is 398 g/mol. The summed E-state index contributed by atoms with van der Waals surface area (Å²) in [7, 11) is -2.43. The highest BCUT2D eigenvalue weighted by molar-refractivity contribution is 7.89. The van der Waals surface area contributed by atoms with Crippen LogP contribution in [-0.4, -0.2) is 27.5 Å². The molecule has 3 rings (SSSR count). The number of carbonyl (C=O) groups excluding carboxylic acids is 1. The van der Waals surface area contributed by atoms with E-state index in [0.717, 1.165) is 10.8 Å². The second-order valence-corrected chi connectivity index (χ2v) is 8.30. The van der Waals surface area contributed by atoms with Crippen LogP contribution in [0.3, 0.4) is 0 Å². The van der Waals surface area contributed by atoms with Crippen LogP contribution in [0, 0.1) is 0 Å². The van der Waals surface area contributed by atoms with Crippen LogP contribution in [0.25, 0.3) is 10.8 Å². The molecule has 0 aliphatic heterocycles. The van der Waals surface area contributed by atoms with Gasteiger partial charge in [0.05, 0.1) is 7.11 Å². The summed E-state index contributed by atoms with van der Waals surface area (Å²) in [4.78, 5) is 12.7. The molecule has 0 aromatic heterocycles. The first-order chi connectivity index (χ1) is 13.3. The maximum Gasteiger partial charge on any atom is 0.255 e. The van der Waals surface area contributed by atoms with Crippen LogP contribution in [0.2, 0.25) is 0 Å².